The number of benzene rings is 2. The Hall–Kier alpha value is -1.80. The summed E-state index contributed by atoms with van der Waals surface area (Å²) in [6, 6.07) is 13.1. The van der Waals surface area contributed by atoms with E-state index in [1.165, 1.54) is 0 Å². The second-order valence-corrected chi connectivity index (χ2v) is 8.00. The highest BCUT2D eigenvalue weighted by molar-refractivity contribution is 7.80. The molecule has 3 nitrogen and oxygen atoms in total. The van der Waals surface area contributed by atoms with E-state index >= 15 is 0 Å². The topological polar surface area (TPSA) is 36.3 Å². The number of nitriles is 1. The number of hydrogen-bond acceptors (Lipinski definition) is 3. The maximum atomic E-state index is 9.19. The molecule has 1 saturated heterocycles. The van der Waals surface area contributed by atoms with Crippen molar-refractivity contribution in [3.8, 4) is 11.8 Å². The van der Waals surface area contributed by atoms with Gasteiger partial charge in [-0.15, -0.1) is 0 Å². The summed E-state index contributed by atoms with van der Waals surface area (Å²) in [5.74, 6) is 1.15. The largest absolute Gasteiger partial charge is 0.486 e. The van der Waals surface area contributed by atoms with Gasteiger partial charge in [-0.05, 0) is 37.0 Å². The van der Waals surface area contributed by atoms with Crippen LogP contribution in [0.4, 0.5) is 0 Å². The van der Waals surface area contributed by atoms with Crippen LogP contribution >= 0.6 is 35.4 Å². The van der Waals surface area contributed by atoms with Crippen LogP contribution in [0.15, 0.2) is 36.4 Å². The van der Waals surface area contributed by atoms with Crippen molar-refractivity contribution in [2.75, 3.05) is 13.1 Å². The first kappa shape index (κ1) is 19.9. The van der Waals surface area contributed by atoms with E-state index in [4.69, 9.17) is 40.2 Å². The van der Waals surface area contributed by atoms with Gasteiger partial charge in [0.15, 0.2) is 5.75 Å². The molecule has 0 aliphatic carbocycles. The molecule has 0 unspecified atom stereocenters. The Morgan fingerprint density at radius 2 is 1.85 bits per heavy atom. The van der Waals surface area contributed by atoms with Gasteiger partial charge in [0.25, 0.3) is 0 Å². The molecule has 0 N–H and O–H groups in total. The predicted octanol–water partition coefficient (Wildman–Crippen LogP) is 5.85. The molecule has 27 heavy (non-hydrogen) atoms. The summed E-state index contributed by atoms with van der Waals surface area (Å²) in [6.07, 6.45) is 2.28. The van der Waals surface area contributed by atoms with Crippen LogP contribution in [-0.2, 0) is 6.61 Å². The molecule has 2 aromatic carbocycles. The van der Waals surface area contributed by atoms with Gasteiger partial charge in [0, 0.05) is 24.2 Å². The van der Waals surface area contributed by atoms with Gasteiger partial charge in [-0.2, -0.15) is 5.26 Å². The van der Waals surface area contributed by atoms with E-state index in [0.717, 1.165) is 48.0 Å². The first-order valence-corrected chi connectivity index (χ1v) is 10.0. The minimum Gasteiger partial charge on any atom is -0.486 e. The lowest BCUT2D eigenvalue weighted by molar-refractivity contribution is 0.284. The van der Waals surface area contributed by atoms with Gasteiger partial charge in [0.2, 0.25) is 0 Å². The van der Waals surface area contributed by atoms with Crippen molar-refractivity contribution in [3.63, 3.8) is 0 Å². The second-order valence-electron chi connectivity index (χ2n) is 6.80. The van der Waals surface area contributed by atoms with Crippen LogP contribution in [0.2, 0.25) is 10.0 Å². The van der Waals surface area contributed by atoms with Crippen molar-refractivity contribution < 1.29 is 4.74 Å². The Bertz CT molecular complexity index is 863. The number of thiocarbonyl (C=S) groups is 1. The summed E-state index contributed by atoms with van der Waals surface area (Å²) in [7, 11) is 0. The van der Waals surface area contributed by atoms with Crippen LogP contribution in [-0.4, -0.2) is 23.0 Å². The van der Waals surface area contributed by atoms with Crippen molar-refractivity contribution in [1.29, 1.82) is 5.26 Å². The van der Waals surface area contributed by atoms with E-state index in [9.17, 15) is 5.26 Å². The van der Waals surface area contributed by atoms with Gasteiger partial charge in [0.05, 0.1) is 21.7 Å². The van der Waals surface area contributed by atoms with Gasteiger partial charge < -0.3 is 9.64 Å². The zero-order chi connectivity index (χ0) is 19.4. The van der Waals surface area contributed by atoms with Gasteiger partial charge in [-0.25, -0.2) is 0 Å². The molecule has 1 aliphatic rings. The molecule has 3 rings (SSSR count). The monoisotopic (exact) mass is 418 g/mol. The average Bonchev–Trinajstić information content (AvgIpc) is 2.67. The first-order chi connectivity index (χ1) is 13.0. The van der Waals surface area contributed by atoms with Crippen molar-refractivity contribution >= 4 is 40.4 Å². The molecule has 1 heterocycles. The third kappa shape index (κ3) is 4.73. The minimum atomic E-state index is 0.219. The van der Waals surface area contributed by atoms with Crippen LogP contribution in [0.25, 0.3) is 0 Å². The lowest BCUT2D eigenvalue weighted by Gasteiger charge is -2.32. The standard InChI is InChI=1S/C21H20Cl2N2OS/c1-14-6-8-25(9-7-14)21(27)17-10-18(22)20(19(23)11-17)26-13-16-5-3-2-4-15(16)12-24/h2-5,10-11,14H,6-9,13H2,1H3. The quantitative estimate of drug-likeness (QED) is 0.583. The van der Waals surface area contributed by atoms with E-state index in [1.54, 1.807) is 18.2 Å². The summed E-state index contributed by atoms with van der Waals surface area (Å²) >= 11 is 18.5. The third-order valence-electron chi connectivity index (χ3n) is 4.83. The molecular weight excluding hydrogens is 399 g/mol. The third-order valence-corrected chi connectivity index (χ3v) is 5.88. The maximum absolute atomic E-state index is 9.19. The molecule has 1 aliphatic heterocycles. The first-order valence-electron chi connectivity index (χ1n) is 8.88. The van der Waals surface area contributed by atoms with Crippen molar-refractivity contribution in [2.24, 2.45) is 5.92 Å². The van der Waals surface area contributed by atoms with Gasteiger partial charge in [-0.1, -0.05) is 60.5 Å². The lowest BCUT2D eigenvalue weighted by atomic mass is 9.99. The number of likely N-dealkylation sites (tertiary alicyclic amines) is 1. The van der Waals surface area contributed by atoms with Crippen molar-refractivity contribution in [3.05, 3.63) is 63.1 Å². The highest BCUT2D eigenvalue weighted by Crippen LogP contribution is 2.35. The van der Waals surface area contributed by atoms with Gasteiger partial charge in [0.1, 0.15) is 11.6 Å². The molecule has 0 bridgehead atoms. The Morgan fingerprint density at radius 3 is 2.48 bits per heavy atom. The SMILES string of the molecule is CC1CCN(C(=S)c2cc(Cl)c(OCc3ccccc3C#N)c(Cl)c2)CC1. The predicted molar refractivity (Wildman–Crippen MR) is 114 cm³/mol. The van der Waals surface area contributed by atoms with E-state index < -0.39 is 0 Å². The zero-order valence-corrected chi connectivity index (χ0v) is 17.4. The van der Waals surface area contributed by atoms with Gasteiger partial charge in [-0.3, -0.25) is 0 Å². The van der Waals surface area contributed by atoms with E-state index in [1.807, 2.05) is 18.2 Å². The molecule has 0 spiro atoms. The fourth-order valence-corrected chi connectivity index (χ4v) is 4.02. The smallest absolute Gasteiger partial charge is 0.157 e. The number of halogens is 2. The average molecular weight is 419 g/mol. The fraction of sp³-hybridized carbons (Fsp3) is 0.333. The van der Waals surface area contributed by atoms with E-state index in [0.29, 0.717) is 21.4 Å². The summed E-state index contributed by atoms with van der Waals surface area (Å²) in [5, 5.41) is 10.0. The summed E-state index contributed by atoms with van der Waals surface area (Å²) < 4.78 is 5.82. The molecule has 140 valence electrons. The van der Waals surface area contributed by atoms with Crippen molar-refractivity contribution in [1.82, 2.24) is 4.90 Å². The van der Waals surface area contributed by atoms with E-state index in [2.05, 4.69) is 17.9 Å². The highest BCUT2D eigenvalue weighted by Gasteiger charge is 2.21. The number of hydrogen-bond donors (Lipinski definition) is 0. The summed E-state index contributed by atoms with van der Waals surface area (Å²) in [5.41, 5.74) is 2.19. The second kappa shape index (κ2) is 8.93. The molecule has 1 fully saturated rings. The fourth-order valence-electron chi connectivity index (χ4n) is 3.12. The zero-order valence-electron chi connectivity index (χ0n) is 15.0. The molecule has 0 radical (unpaired) electrons. The molecule has 0 aromatic heterocycles. The Labute approximate surface area is 175 Å². The number of nitrogens with zero attached hydrogens (tertiary/aromatic N) is 2. The van der Waals surface area contributed by atoms with E-state index in [-0.39, 0.29) is 6.61 Å². The summed E-state index contributed by atoms with van der Waals surface area (Å²) in [4.78, 5) is 2.98. The van der Waals surface area contributed by atoms with Crippen LogP contribution in [0.5, 0.6) is 5.75 Å². The summed E-state index contributed by atoms with van der Waals surface area (Å²) in [6.45, 7) is 4.40. The molecule has 2 aromatic rings. The molecule has 0 saturated carbocycles. The van der Waals surface area contributed by atoms with Crippen molar-refractivity contribution in [2.45, 2.75) is 26.4 Å². The van der Waals surface area contributed by atoms with Crippen LogP contribution in [0, 0.1) is 17.2 Å². The van der Waals surface area contributed by atoms with Crippen LogP contribution < -0.4 is 4.74 Å². The Kier molecular flexibility index (Phi) is 6.59. The minimum absolute atomic E-state index is 0.219. The maximum Gasteiger partial charge on any atom is 0.157 e. The van der Waals surface area contributed by atoms with Crippen LogP contribution in [0.1, 0.15) is 36.5 Å². The Balaban J connectivity index is 1.75. The molecule has 0 amide bonds. The number of rotatable bonds is 4. The number of ether oxygens (including phenoxy) is 1. The Morgan fingerprint density at radius 1 is 1.22 bits per heavy atom. The molecular formula is C21H20Cl2N2OS. The number of piperidine rings is 1. The van der Waals surface area contributed by atoms with Gasteiger partial charge >= 0.3 is 0 Å². The highest BCUT2D eigenvalue weighted by atomic mass is 35.5. The molecule has 0 atom stereocenters. The lowest BCUT2D eigenvalue weighted by Crippen LogP contribution is -2.37. The van der Waals surface area contributed by atoms with Crippen LogP contribution in [0.3, 0.4) is 0 Å². The molecule has 6 heteroatoms. The normalized spacial score (nSPS) is 14.7.